The summed E-state index contributed by atoms with van der Waals surface area (Å²) in [5.41, 5.74) is 2.93. The van der Waals surface area contributed by atoms with Crippen LogP contribution in [0.25, 0.3) is 0 Å². The fourth-order valence-corrected chi connectivity index (χ4v) is 3.47. The van der Waals surface area contributed by atoms with Crippen LogP contribution in [0.5, 0.6) is 0 Å². The molecule has 2 unspecified atom stereocenters. The minimum absolute atomic E-state index is 0.115. The number of carbonyl (C=O) groups is 1. The van der Waals surface area contributed by atoms with Gasteiger partial charge in [-0.25, -0.2) is 0 Å². The van der Waals surface area contributed by atoms with Crippen LogP contribution in [0.2, 0.25) is 0 Å². The fraction of sp³-hybridized carbons (Fsp3) is 0.444. The van der Waals surface area contributed by atoms with E-state index in [9.17, 15) is 4.79 Å². The third-order valence-corrected chi connectivity index (χ3v) is 4.65. The molecule has 4 nitrogen and oxygen atoms in total. The van der Waals surface area contributed by atoms with Crippen LogP contribution in [-0.2, 0) is 7.05 Å². The van der Waals surface area contributed by atoms with E-state index in [-0.39, 0.29) is 11.9 Å². The first-order valence-corrected chi connectivity index (χ1v) is 7.92. The molecule has 3 rings (SSSR count). The van der Waals surface area contributed by atoms with E-state index in [0.29, 0.717) is 5.92 Å². The van der Waals surface area contributed by atoms with Gasteiger partial charge in [0.25, 0.3) is 5.91 Å². The van der Waals surface area contributed by atoms with E-state index >= 15 is 0 Å². The molecule has 1 aliphatic rings. The van der Waals surface area contributed by atoms with Crippen molar-refractivity contribution in [2.24, 2.45) is 7.05 Å². The van der Waals surface area contributed by atoms with Gasteiger partial charge in [0.1, 0.15) is 0 Å². The number of piperidine rings is 1. The molecule has 2 aromatic rings. The van der Waals surface area contributed by atoms with Crippen molar-refractivity contribution in [2.45, 2.75) is 38.6 Å². The number of rotatable bonds is 2. The number of likely N-dealkylation sites (tertiary alicyclic amines) is 1. The lowest BCUT2D eigenvalue weighted by atomic mass is 9.85. The Hall–Kier alpha value is -2.10. The first kappa shape index (κ1) is 14.8. The molecule has 1 aliphatic heterocycles. The van der Waals surface area contributed by atoms with Crippen molar-refractivity contribution < 1.29 is 4.79 Å². The first-order chi connectivity index (χ1) is 10.6. The number of aromatic nitrogens is 2. The highest BCUT2D eigenvalue weighted by molar-refractivity contribution is 5.95. The minimum atomic E-state index is 0.115. The monoisotopic (exact) mass is 297 g/mol. The summed E-state index contributed by atoms with van der Waals surface area (Å²) in [4.78, 5) is 14.8. The average Bonchev–Trinajstić information content (AvgIpc) is 2.86. The molecular formula is C18H23N3O. The molecule has 1 saturated heterocycles. The normalized spacial score (nSPS) is 21.9. The smallest absolute Gasteiger partial charge is 0.257 e. The van der Waals surface area contributed by atoms with Crippen LogP contribution < -0.4 is 0 Å². The molecule has 116 valence electrons. The first-order valence-electron chi connectivity index (χ1n) is 7.92. The van der Waals surface area contributed by atoms with Gasteiger partial charge in [-0.15, -0.1) is 0 Å². The number of hydrogen-bond acceptors (Lipinski definition) is 2. The fourth-order valence-electron chi connectivity index (χ4n) is 3.47. The molecule has 22 heavy (non-hydrogen) atoms. The van der Waals surface area contributed by atoms with Gasteiger partial charge in [-0.1, -0.05) is 30.3 Å². The Morgan fingerprint density at radius 2 is 2.00 bits per heavy atom. The van der Waals surface area contributed by atoms with Gasteiger partial charge in [-0.3, -0.25) is 9.48 Å². The van der Waals surface area contributed by atoms with Gasteiger partial charge in [-0.05, 0) is 38.2 Å². The Bertz CT molecular complexity index is 662. The lowest BCUT2D eigenvalue weighted by Gasteiger charge is -2.38. The molecule has 4 heteroatoms. The Kier molecular flexibility index (Phi) is 4.01. The van der Waals surface area contributed by atoms with Crippen molar-refractivity contribution in [1.82, 2.24) is 14.7 Å². The third kappa shape index (κ3) is 2.78. The second kappa shape index (κ2) is 5.95. The van der Waals surface area contributed by atoms with E-state index in [0.717, 1.165) is 30.6 Å². The van der Waals surface area contributed by atoms with Crippen LogP contribution in [0, 0.1) is 6.92 Å². The zero-order chi connectivity index (χ0) is 15.7. The molecular weight excluding hydrogens is 274 g/mol. The highest BCUT2D eigenvalue weighted by Gasteiger charge is 2.31. The molecule has 1 aromatic carbocycles. The van der Waals surface area contributed by atoms with Crippen LogP contribution in [0.1, 0.15) is 47.3 Å². The van der Waals surface area contributed by atoms with Crippen molar-refractivity contribution >= 4 is 5.91 Å². The molecule has 2 atom stereocenters. The maximum absolute atomic E-state index is 12.8. The van der Waals surface area contributed by atoms with Crippen LogP contribution in [0.4, 0.5) is 0 Å². The largest absolute Gasteiger partial charge is 0.336 e. The molecule has 2 heterocycles. The molecule has 0 saturated carbocycles. The highest BCUT2D eigenvalue weighted by Crippen LogP contribution is 2.32. The van der Waals surface area contributed by atoms with E-state index in [1.54, 1.807) is 4.68 Å². The average molecular weight is 297 g/mol. The Balaban J connectivity index is 1.73. The molecule has 0 radical (unpaired) electrons. The van der Waals surface area contributed by atoms with Gasteiger partial charge in [0, 0.05) is 25.8 Å². The Labute approximate surface area is 131 Å². The summed E-state index contributed by atoms with van der Waals surface area (Å²) in [6, 6.07) is 10.9. The summed E-state index contributed by atoms with van der Waals surface area (Å²) in [6.07, 6.45) is 3.88. The standard InChI is InChI=1S/C18H23N3O/c1-13-11-16(15-7-5-4-6-8-15)9-10-21(13)18(22)17-12-20(3)19-14(17)2/h4-8,12-13,16H,9-11H2,1-3H3. The van der Waals surface area contributed by atoms with Gasteiger partial charge in [0.2, 0.25) is 0 Å². The topological polar surface area (TPSA) is 38.1 Å². The van der Waals surface area contributed by atoms with Crippen molar-refractivity contribution in [3.05, 3.63) is 53.3 Å². The van der Waals surface area contributed by atoms with E-state index in [1.165, 1.54) is 5.56 Å². The van der Waals surface area contributed by atoms with Crippen molar-refractivity contribution in [3.8, 4) is 0 Å². The lowest BCUT2D eigenvalue weighted by Crippen LogP contribution is -2.44. The second-order valence-corrected chi connectivity index (χ2v) is 6.28. The number of amides is 1. The van der Waals surface area contributed by atoms with Crippen LogP contribution in [-0.4, -0.2) is 33.2 Å². The molecule has 1 fully saturated rings. The Morgan fingerprint density at radius 3 is 2.59 bits per heavy atom. The highest BCUT2D eigenvalue weighted by atomic mass is 16.2. The number of carbonyl (C=O) groups excluding carboxylic acids is 1. The summed E-state index contributed by atoms with van der Waals surface area (Å²) in [5.74, 6) is 0.667. The summed E-state index contributed by atoms with van der Waals surface area (Å²) < 4.78 is 1.71. The predicted octanol–water partition coefficient (Wildman–Crippen LogP) is 3.14. The zero-order valence-corrected chi connectivity index (χ0v) is 13.5. The van der Waals surface area contributed by atoms with Gasteiger partial charge in [0.05, 0.1) is 11.3 Å². The maximum Gasteiger partial charge on any atom is 0.257 e. The third-order valence-electron chi connectivity index (χ3n) is 4.65. The molecule has 1 aromatic heterocycles. The quantitative estimate of drug-likeness (QED) is 0.854. The zero-order valence-electron chi connectivity index (χ0n) is 13.5. The van der Waals surface area contributed by atoms with E-state index in [1.807, 2.05) is 25.1 Å². The predicted molar refractivity (Wildman–Crippen MR) is 86.9 cm³/mol. The summed E-state index contributed by atoms with van der Waals surface area (Å²) in [5, 5.41) is 4.28. The SMILES string of the molecule is Cc1nn(C)cc1C(=O)N1CCC(c2ccccc2)CC1C. The lowest BCUT2D eigenvalue weighted by molar-refractivity contribution is 0.0615. The summed E-state index contributed by atoms with van der Waals surface area (Å²) in [6.45, 7) is 4.86. The number of aryl methyl sites for hydroxylation is 2. The number of benzene rings is 1. The molecule has 0 bridgehead atoms. The van der Waals surface area contributed by atoms with Gasteiger partial charge in [0.15, 0.2) is 0 Å². The van der Waals surface area contributed by atoms with Crippen LogP contribution in [0.3, 0.4) is 0 Å². The van der Waals surface area contributed by atoms with Gasteiger partial charge < -0.3 is 4.90 Å². The van der Waals surface area contributed by atoms with Crippen LogP contribution >= 0.6 is 0 Å². The Morgan fingerprint density at radius 1 is 1.27 bits per heavy atom. The van der Waals surface area contributed by atoms with E-state index in [2.05, 4.69) is 42.4 Å². The molecule has 0 spiro atoms. The minimum Gasteiger partial charge on any atom is -0.336 e. The molecule has 0 aliphatic carbocycles. The maximum atomic E-state index is 12.8. The van der Waals surface area contributed by atoms with Gasteiger partial charge >= 0.3 is 0 Å². The summed E-state index contributed by atoms with van der Waals surface area (Å²) >= 11 is 0. The second-order valence-electron chi connectivity index (χ2n) is 6.28. The van der Waals surface area contributed by atoms with Crippen molar-refractivity contribution in [3.63, 3.8) is 0 Å². The van der Waals surface area contributed by atoms with Gasteiger partial charge in [-0.2, -0.15) is 5.10 Å². The van der Waals surface area contributed by atoms with Crippen molar-refractivity contribution in [2.75, 3.05) is 6.54 Å². The van der Waals surface area contributed by atoms with Crippen LogP contribution in [0.15, 0.2) is 36.5 Å². The van der Waals surface area contributed by atoms with E-state index < -0.39 is 0 Å². The van der Waals surface area contributed by atoms with E-state index in [4.69, 9.17) is 0 Å². The van der Waals surface area contributed by atoms with Crippen molar-refractivity contribution in [1.29, 1.82) is 0 Å². The number of hydrogen-bond donors (Lipinski definition) is 0. The summed E-state index contributed by atoms with van der Waals surface area (Å²) in [7, 11) is 1.86. The molecule has 1 amide bonds. The number of nitrogens with zero attached hydrogens (tertiary/aromatic N) is 3. The molecule has 0 N–H and O–H groups in total.